The van der Waals surface area contributed by atoms with Gasteiger partial charge in [-0.3, -0.25) is 14.3 Å². The zero-order valence-electron chi connectivity index (χ0n) is 14.5. The predicted molar refractivity (Wildman–Crippen MR) is 97.6 cm³/mol. The SMILES string of the molecule is Cc1ccc(C(=O)Nc2cnn(CC(=O)N(C)C)c2)c2ccccc12. The number of benzene rings is 2. The van der Waals surface area contributed by atoms with Crippen LogP contribution < -0.4 is 5.32 Å². The van der Waals surface area contributed by atoms with E-state index in [1.54, 1.807) is 20.3 Å². The highest BCUT2D eigenvalue weighted by Crippen LogP contribution is 2.23. The second kappa shape index (κ2) is 6.76. The molecule has 6 nitrogen and oxygen atoms in total. The lowest BCUT2D eigenvalue weighted by molar-refractivity contribution is -0.129. The van der Waals surface area contributed by atoms with Crippen LogP contribution in [0.15, 0.2) is 48.8 Å². The second-order valence-electron chi connectivity index (χ2n) is 6.14. The molecule has 0 fully saturated rings. The van der Waals surface area contributed by atoms with Gasteiger partial charge in [0.15, 0.2) is 0 Å². The molecule has 1 aromatic heterocycles. The van der Waals surface area contributed by atoms with Gasteiger partial charge in [-0.05, 0) is 29.3 Å². The fourth-order valence-electron chi connectivity index (χ4n) is 2.64. The van der Waals surface area contributed by atoms with Crippen LogP contribution in [0.1, 0.15) is 15.9 Å². The lowest BCUT2D eigenvalue weighted by Crippen LogP contribution is -2.26. The highest BCUT2D eigenvalue weighted by Gasteiger charge is 2.13. The van der Waals surface area contributed by atoms with Crippen molar-refractivity contribution in [1.82, 2.24) is 14.7 Å². The fraction of sp³-hybridized carbons (Fsp3) is 0.211. The Morgan fingerprint density at radius 1 is 1.12 bits per heavy atom. The molecule has 128 valence electrons. The number of amides is 2. The zero-order valence-corrected chi connectivity index (χ0v) is 14.5. The smallest absolute Gasteiger partial charge is 0.256 e. The normalized spacial score (nSPS) is 10.7. The van der Waals surface area contributed by atoms with Crippen molar-refractivity contribution in [1.29, 1.82) is 0 Å². The molecule has 0 spiro atoms. The van der Waals surface area contributed by atoms with Crippen molar-refractivity contribution < 1.29 is 9.59 Å². The first-order valence-electron chi connectivity index (χ1n) is 7.98. The lowest BCUT2D eigenvalue weighted by atomic mass is 10.00. The number of carbonyl (C=O) groups excluding carboxylic acids is 2. The van der Waals surface area contributed by atoms with Gasteiger partial charge in [0, 0.05) is 25.9 Å². The summed E-state index contributed by atoms with van der Waals surface area (Å²) in [4.78, 5) is 25.9. The third-order valence-corrected chi connectivity index (χ3v) is 4.07. The topological polar surface area (TPSA) is 67.2 Å². The van der Waals surface area contributed by atoms with Crippen LogP contribution in [-0.4, -0.2) is 40.6 Å². The van der Waals surface area contributed by atoms with Crippen LogP contribution in [-0.2, 0) is 11.3 Å². The molecule has 25 heavy (non-hydrogen) atoms. The molecule has 1 N–H and O–H groups in total. The number of rotatable bonds is 4. The molecule has 1 heterocycles. The van der Waals surface area contributed by atoms with Crippen LogP contribution in [0.3, 0.4) is 0 Å². The molecule has 2 amide bonds. The van der Waals surface area contributed by atoms with Gasteiger partial charge in [-0.2, -0.15) is 5.10 Å². The summed E-state index contributed by atoms with van der Waals surface area (Å²) in [6.45, 7) is 2.16. The van der Waals surface area contributed by atoms with E-state index < -0.39 is 0 Å². The Morgan fingerprint density at radius 2 is 1.84 bits per heavy atom. The third-order valence-electron chi connectivity index (χ3n) is 4.07. The van der Waals surface area contributed by atoms with Gasteiger partial charge in [-0.15, -0.1) is 0 Å². The van der Waals surface area contributed by atoms with Gasteiger partial charge in [0.05, 0.1) is 11.9 Å². The Balaban J connectivity index is 1.81. The minimum absolute atomic E-state index is 0.0643. The van der Waals surface area contributed by atoms with Crippen molar-refractivity contribution in [3.05, 3.63) is 59.9 Å². The summed E-state index contributed by atoms with van der Waals surface area (Å²) in [5, 5.41) is 8.93. The number of hydrogen-bond donors (Lipinski definition) is 1. The van der Waals surface area contributed by atoms with E-state index in [2.05, 4.69) is 10.4 Å². The lowest BCUT2D eigenvalue weighted by Gasteiger charge is -2.10. The van der Waals surface area contributed by atoms with E-state index >= 15 is 0 Å². The molecule has 3 rings (SSSR count). The average Bonchev–Trinajstić information content (AvgIpc) is 3.02. The summed E-state index contributed by atoms with van der Waals surface area (Å²) >= 11 is 0. The van der Waals surface area contributed by atoms with Gasteiger partial charge in [0.1, 0.15) is 6.54 Å². The van der Waals surface area contributed by atoms with Crippen molar-refractivity contribution in [3.8, 4) is 0 Å². The first-order valence-corrected chi connectivity index (χ1v) is 7.98. The monoisotopic (exact) mass is 336 g/mol. The Labute approximate surface area is 146 Å². The molecule has 0 atom stereocenters. The van der Waals surface area contributed by atoms with Crippen LogP contribution in [0.2, 0.25) is 0 Å². The summed E-state index contributed by atoms with van der Waals surface area (Å²) in [7, 11) is 3.38. The van der Waals surface area contributed by atoms with E-state index in [0.717, 1.165) is 16.3 Å². The highest BCUT2D eigenvalue weighted by molar-refractivity contribution is 6.13. The summed E-state index contributed by atoms with van der Waals surface area (Å²) in [6, 6.07) is 11.6. The van der Waals surface area contributed by atoms with Crippen LogP contribution in [0.25, 0.3) is 10.8 Å². The molecule has 0 aliphatic rings. The number of aryl methyl sites for hydroxylation is 1. The molecular formula is C19H20N4O2. The molecule has 0 bridgehead atoms. The van der Waals surface area contributed by atoms with E-state index in [9.17, 15) is 9.59 Å². The van der Waals surface area contributed by atoms with Gasteiger partial charge in [0.25, 0.3) is 5.91 Å². The zero-order chi connectivity index (χ0) is 18.0. The van der Waals surface area contributed by atoms with Crippen molar-refractivity contribution in [2.24, 2.45) is 0 Å². The van der Waals surface area contributed by atoms with Crippen LogP contribution >= 0.6 is 0 Å². The van der Waals surface area contributed by atoms with Gasteiger partial charge in [-0.25, -0.2) is 0 Å². The Bertz CT molecular complexity index is 944. The molecule has 0 aliphatic carbocycles. The van der Waals surface area contributed by atoms with E-state index in [4.69, 9.17) is 0 Å². The molecular weight excluding hydrogens is 316 g/mol. The number of fused-ring (bicyclic) bond motifs is 1. The summed E-state index contributed by atoms with van der Waals surface area (Å²) in [5.41, 5.74) is 2.29. The predicted octanol–water partition coefficient (Wildman–Crippen LogP) is 2.69. The van der Waals surface area contributed by atoms with E-state index in [0.29, 0.717) is 11.3 Å². The number of nitrogens with zero attached hydrogens (tertiary/aromatic N) is 3. The summed E-state index contributed by atoms with van der Waals surface area (Å²) in [5.74, 6) is -0.264. The van der Waals surface area contributed by atoms with Crippen molar-refractivity contribution in [2.75, 3.05) is 19.4 Å². The number of carbonyl (C=O) groups is 2. The average molecular weight is 336 g/mol. The van der Waals surface area contributed by atoms with Crippen LogP contribution in [0.4, 0.5) is 5.69 Å². The second-order valence-corrected chi connectivity index (χ2v) is 6.14. The molecule has 0 saturated carbocycles. The van der Waals surface area contributed by atoms with Crippen molar-refractivity contribution in [2.45, 2.75) is 13.5 Å². The van der Waals surface area contributed by atoms with Crippen LogP contribution in [0, 0.1) is 6.92 Å². The first kappa shape index (κ1) is 16.7. The molecule has 0 unspecified atom stereocenters. The number of likely N-dealkylation sites (N-methyl/N-ethyl adjacent to an activating group) is 1. The molecule has 0 aliphatic heterocycles. The third kappa shape index (κ3) is 3.52. The number of hydrogen-bond acceptors (Lipinski definition) is 3. The van der Waals surface area contributed by atoms with Crippen molar-refractivity contribution >= 4 is 28.3 Å². The van der Waals surface area contributed by atoms with Crippen molar-refractivity contribution in [3.63, 3.8) is 0 Å². The minimum atomic E-state index is -0.199. The van der Waals surface area contributed by atoms with Gasteiger partial charge < -0.3 is 10.2 Å². The standard InChI is InChI=1S/C19H20N4O2/c1-13-8-9-17(16-7-5-4-6-15(13)16)19(25)21-14-10-20-23(11-14)12-18(24)22(2)3/h4-11H,12H2,1-3H3,(H,21,25). The van der Waals surface area contributed by atoms with Crippen LogP contribution in [0.5, 0.6) is 0 Å². The summed E-state index contributed by atoms with van der Waals surface area (Å²) in [6.07, 6.45) is 3.19. The Hall–Kier alpha value is -3.15. The molecule has 6 heteroatoms. The van der Waals surface area contributed by atoms with Gasteiger partial charge >= 0.3 is 0 Å². The van der Waals surface area contributed by atoms with E-state index in [1.807, 2.05) is 43.3 Å². The number of nitrogens with one attached hydrogen (secondary N) is 1. The largest absolute Gasteiger partial charge is 0.347 e. The van der Waals surface area contributed by atoms with Gasteiger partial charge in [-0.1, -0.05) is 30.3 Å². The molecule has 0 radical (unpaired) electrons. The Kier molecular flexibility index (Phi) is 4.52. The minimum Gasteiger partial charge on any atom is -0.347 e. The highest BCUT2D eigenvalue weighted by atomic mass is 16.2. The van der Waals surface area contributed by atoms with E-state index in [-0.39, 0.29) is 18.4 Å². The Morgan fingerprint density at radius 3 is 2.56 bits per heavy atom. The quantitative estimate of drug-likeness (QED) is 0.796. The van der Waals surface area contributed by atoms with Gasteiger partial charge in [0.2, 0.25) is 5.91 Å². The first-order chi connectivity index (χ1) is 12.0. The maximum atomic E-state index is 12.7. The number of aromatic nitrogens is 2. The molecule has 2 aromatic carbocycles. The van der Waals surface area contributed by atoms with E-state index in [1.165, 1.54) is 15.8 Å². The number of anilines is 1. The maximum Gasteiger partial charge on any atom is 0.256 e. The summed E-state index contributed by atoms with van der Waals surface area (Å²) < 4.78 is 1.51. The molecule has 0 saturated heterocycles. The fourth-order valence-corrected chi connectivity index (χ4v) is 2.64. The molecule has 3 aromatic rings. The maximum absolute atomic E-state index is 12.7.